The van der Waals surface area contributed by atoms with Crippen molar-refractivity contribution in [3.63, 3.8) is 0 Å². The van der Waals surface area contributed by atoms with Crippen LogP contribution in [-0.2, 0) is 38.1 Å². The Morgan fingerprint density at radius 1 is 0.833 bits per heavy atom. The van der Waals surface area contributed by atoms with Gasteiger partial charge >= 0.3 is 17.9 Å². The zero-order valence-corrected chi connectivity index (χ0v) is 22.1. The molecule has 0 saturated carbocycles. The summed E-state index contributed by atoms with van der Waals surface area (Å²) in [5.74, 6) is -3.60. The largest absolute Gasteiger partial charge is 0.456 e. The fraction of sp³-hybridized carbons (Fsp3) is 0.542. The van der Waals surface area contributed by atoms with Gasteiger partial charge in [0.2, 0.25) is 12.4 Å². The number of ether oxygens (including phenoxy) is 5. The molecule has 2 heterocycles. The average Bonchev–Trinajstić information content (AvgIpc) is 2.99. The number of rotatable bonds is 8. The molecule has 2 aliphatic rings. The van der Waals surface area contributed by atoms with Crippen LogP contribution in [0.15, 0.2) is 24.3 Å². The molecule has 12 heteroatoms. The van der Waals surface area contributed by atoms with Gasteiger partial charge in [0.05, 0.1) is 11.1 Å². The lowest BCUT2D eigenvalue weighted by Crippen LogP contribution is -2.67. The summed E-state index contributed by atoms with van der Waals surface area (Å²) in [4.78, 5) is 63.5. The van der Waals surface area contributed by atoms with Crippen LogP contribution in [0, 0.1) is 0 Å². The summed E-state index contributed by atoms with van der Waals surface area (Å²) < 4.78 is 28.0. The third-order valence-electron chi connectivity index (χ3n) is 5.62. The standard InChI is InChI=1S/C24H31NO10Si/c1-13(26)32-19-18(25-21(29)16-9-7-8-10-17(16)22(25)30)23(31-11-12-36(4,5)6)35-24(34-15(3)28)20(19)33-14(2)27/h7-10,18-20,23-24H,11-12H2,1-6H3/t18-,19-,20+,23-,24+/m1/s1. The van der Waals surface area contributed by atoms with E-state index < -0.39 is 68.6 Å². The van der Waals surface area contributed by atoms with Crippen molar-refractivity contribution < 1.29 is 47.7 Å². The molecule has 1 saturated heterocycles. The van der Waals surface area contributed by atoms with Gasteiger partial charge in [-0.25, -0.2) is 0 Å². The maximum absolute atomic E-state index is 13.4. The van der Waals surface area contributed by atoms with Gasteiger partial charge in [-0.15, -0.1) is 0 Å². The van der Waals surface area contributed by atoms with E-state index in [1.807, 2.05) is 0 Å². The van der Waals surface area contributed by atoms with Crippen LogP contribution < -0.4 is 0 Å². The lowest BCUT2D eigenvalue weighted by molar-refractivity contribution is -0.327. The minimum atomic E-state index is -1.56. The van der Waals surface area contributed by atoms with Crippen LogP contribution in [0.3, 0.4) is 0 Å². The molecule has 196 valence electrons. The Hall–Kier alpha value is -3.09. The third kappa shape index (κ3) is 6.18. The van der Waals surface area contributed by atoms with Crippen LogP contribution in [0.1, 0.15) is 41.5 Å². The van der Waals surface area contributed by atoms with Crippen LogP contribution in [0.25, 0.3) is 0 Å². The summed E-state index contributed by atoms with van der Waals surface area (Å²) >= 11 is 0. The van der Waals surface area contributed by atoms with E-state index in [9.17, 15) is 24.0 Å². The van der Waals surface area contributed by atoms with E-state index in [1.165, 1.54) is 12.1 Å². The van der Waals surface area contributed by atoms with Crippen LogP contribution in [-0.4, -0.2) is 80.1 Å². The Balaban J connectivity index is 2.08. The third-order valence-corrected chi connectivity index (χ3v) is 7.32. The predicted octanol–water partition coefficient (Wildman–Crippen LogP) is 2.11. The topological polar surface area (TPSA) is 135 Å². The first-order valence-electron chi connectivity index (χ1n) is 11.6. The molecule has 5 atom stereocenters. The van der Waals surface area contributed by atoms with Gasteiger partial charge in [0, 0.05) is 35.5 Å². The smallest absolute Gasteiger partial charge is 0.305 e. The summed E-state index contributed by atoms with van der Waals surface area (Å²) in [5.41, 5.74) is 0.326. The highest BCUT2D eigenvalue weighted by Gasteiger charge is 2.58. The number of esters is 3. The lowest BCUT2D eigenvalue weighted by atomic mass is 9.98. The van der Waals surface area contributed by atoms with Crippen molar-refractivity contribution in [1.29, 1.82) is 0 Å². The second-order valence-electron chi connectivity index (χ2n) is 9.83. The number of carbonyl (C=O) groups is 5. The van der Waals surface area contributed by atoms with Gasteiger partial charge in [-0.3, -0.25) is 28.9 Å². The Bertz CT molecular complexity index is 1020. The average molecular weight is 522 g/mol. The highest BCUT2D eigenvalue weighted by molar-refractivity contribution is 6.76. The number of imide groups is 1. The number of hydrogen-bond acceptors (Lipinski definition) is 10. The number of hydrogen-bond donors (Lipinski definition) is 0. The van der Waals surface area contributed by atoms with Crippen molar-refractivity contribution in [3.05, 3.63) is 35.4 Å². The van der Waals surface area contributed by atoms with Crippen LogP contribution in [0.5, 0.6) is 0 Å². The molecule has 1 fully saturated rings. The maximum atomic E-state index is 13.4. The highest BCUT2D eigenvalue weighted by Crippen LogP contribution is 2.36. The number of benzene rings is 1. The molecule has 1 aromatic rings. The molecule has 11 nitrogen and oxygen atoms in total. The summed E-state index contributed by atoms with van der Waals surface area (Å²) in [6, 6.07) is 5.63. The molecule has 2 amide bonds. The van der Waals surface area contributed by atoms with Crippen molar-refractivity contribution >= 4 is 37.8 Å². The fourth-order valence-corrected chi connectivity index (χ4v) is 4.79. The lowest BCUT2D eigenvalue weighted by Gasteiger charge is -2.46. The van der Waals surface area contributed by atoms with E-state index in [1.54, 1.807) is 12.1 Å². The van der Waals surface area contributed by atoms with Gasteiger partial charge in [0.15, 0.2) is 12.4 Å². The Labute approximate surface area is 210 Å². The second-order valence-corrected chi connectivity index (χ2v) is 15.4. The molecule has 0 aromatic heterocycles. The molecule has 3 rings (SSSR count). The molecule has 2 aliphatic heterocycles. The van der Waals surface area contributed by atoms with Crippen LogP contribution in [0.4, 0.5) is 0 Å². The van der Waals surface area contributed by atoms with Gasteiger partial charge in [-0.1, -0.05) is 31.8 Å². The highest BCUT2D eigenvalue weighted by atomic mass is 28.3. The number of carbonyl (C=O) groups excluding carboxylic acids is 5. The molecule has 36 heavy (non-hydrogen) atoms. The normalized spacial score (nSPS) is 25.8. The van der Waals surface area contributed by atoms with Crippen molar-refractivity contribution in [1.82, 2.24) is 4.90 Å². The SMILES string of the molecule is CC(=O)O[C@H]1O[C@@H](OCC[Si](C)(C)C)[C@H](N2C(=O)c3ccccc3C2=O)[C@@H](OC(C)=O)[C@@H]1OC(C)=O. The van der Waals surface area contributed by atoms with E-state index in [4.69, 9.17) is 23.7 Å². The molecule has 0 aliphatic carbocycles. The van der Waals surface area contributed by atoms with Gasteiger partial charge in [0.25, 0.3) is 11.8 Å². The minimum Gasteiger partial charge on any atom is -0.456 e. The summed E-state index contributed by atoms with van der Waals surface area (Å²) in [6.07, 6.45) is -5.77. The number of fused-ring (bicyclic) bond motifs is 1. The zero-order chi connectivity index (χ0) is 26.8. The van der Waals surface area contributed by atoms with E-state index in [2.05, 4.69) is 19.6 Å². The van der Waals surface area contributed by atoms with E-state index in [0.717, 1.165) is 25.7 Å². The molecule has 1 aromatic carbocycles. The summed E-state index contributed by atoms with van der Waals surface area (Å²) in [5, 5.41) is 0. The number of nitrogens with zero attached hydrogens (tertiary/aromatic N) is 1. The van der Waals surface area contributed by atoms with Crippen molar-refractivity contribution in [2.24, 2.45) is 0 Å². The number of amides is 2. The summed E-state index contributed by atoms with van der Waals surface area (Å²) in [7, 11) is -1.56. The fourth-order valence-electron chi connectivity index (χ4n) is 4.06. The van der Waals surface area contributed by atoms with E-state index in [0.29, 0.717) is 6.04 Å². The molecule has 0 radical (unpaired) electrons. The van der Waals surface area contributed by atoms with Crippen LogP contribution in [0.2, 0.25) is 25.7 Å². The van der Waals surface area contributed by atoms with Gasteiger partial charge < -0.3 is 23.7 Å². The Kier molecular flexibility index (Phi) is 8.32. The predicted molar refractivity (Wildman–Crippen MR) is 126 cm³/mol. The van der Waals surface area contributed by atoms with Gasteiger partial charge in [0.1, 0.15) is 6.04 Å². The Morgan fingerprint density at radius 2 is 1.33 bits per heavy atom. The second kappa shape index (κ2) is 10.9. The molecular formula is C24H31NO10Si. The quantitative estimate of drug-likeness (QED) is 0.217. The van der Waals surface area contributed by atoms with Crippen LogP contribution >= 0.6 is 0 Å². The summed E-state index contributed by atoms with van der Waals surface area (Å²) in [6.45, 7) is 9.99. The van der Waals surface area contributed by atoms with Gasteiger partial charge in [-0.2, -0.15) is 0 Å². The molecule has 0 unspecified atom stereocenters. The maximum Gasteiger partial charge on any atom is 0.305 e. The minimum absolute atomic E-state index is 0.163. The first kappa shape index (κ1) is 27.5. The Morgan fingerprint density at radius 3 is 1.81 bits per heavy atom. The van der Waals surface area contributed by atoms with E-state index in [-0.39, 0.29) is 17.7 Å². The molecule has 0 bridgehead atoms. The molecular weight excluding hydrogens is 490 g/mol. The van der Waals surface area contributed by atoms with Crippen molar-refractivity contribution in [2.45, 2.75) is 77.3 Å². The molecule has 0 spiro atoms. The van der Waals surface area contributed by atoms with E-state index >= 15 is 0 Å². The van der Waals surface area contributed by atoms with Crippen molar-refractivity contribution in [2.75, 3.05) is 6.61 Å². The van der Waals surface area contributed by atoms with Gasteiger partial charge in [-0.05, 0) is 18.2 Å². The first-order chi connectivity index (χ1) is 16.8. The zero-order valence-electron chi connectivity index (χ0n) is 21.1. The monoisotopic (exact) mass is 521 g/mol. The van der Waals surface area contributed by atoms with Crippen molar-refractivity contribution in [3.8, 4) is 0 Å². The molecule has 0 N–H and O–H groups in total. The first-order valence-corrected chi connectivity index (χ1v) is 15.3.